The number of hydrogen-bond donors (Lipinski definition) is 2. The first-order valence-electron chi connectivity index (χ1n) is 6.94. The lowest BCUT2D eigenvalue weighted by Gasteiger charge is -2.32. The highest BCUT2D eigenvalue weighted by Crippen LogP contribution is 2.36. The zero-order valence-electron chi connectivity index (χ0n) is 13.0. The van der Waals surface area contributed by atoms with Crippen molar-refractivity contribution in [3.8, 4) is 0 Å². The number of hydrazone groups is 1. The Kier molecular flexibility index (Phi) is 3.20. The molecule has 0 spiro atoms. The SMILES string of the molecule is CN1NN=C(c2ccc(B3OC(C)(C)C(C)(C)O3)cn2)N1. The van der Waals surface area contributed by atoms with E-state index >= 15 is 0 Å². The van der Waals surface area contributed by atoms with E-state index in [2.05, 4.69) is 21.0 Å². The quantitative estimate of drug-likeness (QED) is 0.747. The summed E-state index contributed by atoms with van der Waals surface area (Å²) in [5, 5.41) is 5.77. The van der Waals surface area contributed by atoms with E-state index in [1.807, 2.05) is 46.9 Å². The number of nitrogens with one attached hydrogen (secondary N) is 2. The van der Waals surface area contributed by atoms with Crippen LogP contribution in [0, 0.1) is 0 Å². The number of hydrogen-bond acceptors (Lipinski definition) is 7. The molecule has 112 valence electrons. The Bertz CT molecular complexity index is 556. The molecule has 7 nitrogen and oxygen atoms in total. The van der Waals surface area contributed by atoms with Gasteiger partial charge in [0.25, 0.3) is 0 Å². The zero-order valence-corrected chi connectivity index (χ0v) is 13.0. The molecule has 1 saturated heterocycles. The number of pyridine rings is 1. The second kappa shape index (κ2) is 4.69. The number of nitrogens with zero attached hydrogens (tertiary/aromatic N) is 3. The third kappa shape index (κ3) is 2.50. The van der Waals surface area contributed by atoms with Crippen LogP contribution in [0.5, 0.6) is 0 Å². The molecular weight excluding hydrogens is 269 g/mol. The summed E-state index contributed by atoms with van der Waals surface area (Å²) in [7, 11) is 1.44. The predicted octanol–water partition coefficient (Wildman–Crippen LogP) is -0.00300. The first-order chi connectivity index (χ1) is 9.78. The van der Waals surface area contributed by atoms with Crippen LogP contribution in [0.15, 0.2) is 23.4 Å². The van der Waals surface area contributed by atoms with Crippen LogP contribution in [0.25, 0.3) is 0 Å². The van der Waals surface area contributed by atoms with Gasteiger partial charge in [0, 0.05) is 18.7 Å². The summed E-state index contributed by atoms with van der Waals surface area (Å²) in [5.41, 5.74) is 6.78. The Hall–Kier alpha value is -1.64. The molecule has 2 aliphatic heterocycles. The van der Waals surface area contributed by atoms with Crippen molar-refractivity contribution in [3.63, 3.8) is 0 Å². The monoisotopic (exact) mass is 289 g/mol. The summed E-state index contributed by atoms with van der Waals surface area (Å²) in [6.45, 7) is 8.14. The summed E-state index contributed by atoms with van der Waals surface area (Å²) in [6.07, 6.45) is 1.76. The van der Waals surface area contributed by atoms with Crippen molar-refractivity contribution < 1.29 is 9.31 Å². The van der Waals surface area contributed by atoms with Crippen LogP contribution >= 0.6 is 0 Å². The van der Waals surface area contributed by atoms with Crippen LogP contribution in [0.2, 0.25) is 0 Å². The third-order valence-electron chi connectivity index (χ3n) is 4.14. The van der Waals surface area contributed by atoms with Crippen molar-refractivity contribution in [2.75, 3.05) is 7.05 Å². The van der Waals surface area contributed by atoms with Crippen molar-refractivity contribution >= 4 is 18.4 Å². The maximum Gasteiger partial charge on any atom is 0.496 e. The lowest BCUT2D eigenvalue weighted by Crippen LogP contribution is -2.41. The fourth-order valence-electron chi connectivity index (χ4n) is 2.11. The summed E-state index contributed by atoms with van der Waals surface area (Å²) in [4.78, 5) is 4.42. The molecule has 8 heteroatoms. The van der Waals surface area contributed by atoms with Crippen molar-refractivity contribution in [2.45, 2.75) is 38.9 Å². The fourth-order valence-corrected chi connectivity index (χ4v) is 2.11. The second-order valence-electron chi connectivity index (χ2n) is 6.30. The molecule has 0 saturated carbocycles. The van der Waals surface area contributed by atoms with Crippen LogP contribution in [-0.2, 0) is 9.31 Å². The van der Waals surface area contributed by atoms with E-state index in [4.69, 9.17) is 9.31 Å². The van der Waals surface area contributed by atoms with Crippen molar-refractivity contribution in [1.29, 1.82) is 0 Å². The molecule has 2 N–H and O–H groups in total. The van der Waals surface area contributed by atoms with Gasteiger partial charge in [-0.15, -0.1) is 10.2 Å². The Labute approximate surface area is 124 Å². The van der Waals surface area contributed by atoms with Gasteiger partial charge in [-0.1, -0.05) is 6.07 Å². The molecule has 1 aromatic rings. The molecule has 1 aromatic heterocycles. The average molecular weight is 289 g/mol. The van der Waals surface area contributed by atoms with Gasteiger partial charge < -0.3 is 9.31 Å². The number of rotatable bonds is 2. The van der Waals surface area contributed by atoms with Gasteiger partial charge >= 0.3 is 7.12 Å². The van der Waals surface area contributed by atoms with Gasteiger partial charge in [0.1, 0.15) is 5.69 Å². The van der Waals surface area contributed by atoms with Crippen molar-refractivity contribution in [2.24, 2.45) is 5.10 Å². The minimum Gasteiger partial charge on any atom is -0.399 e. The van der Waals surface area contributed by atoms with E-state index in [-0.39, 0.29) is 11.2 Å². The average Bonchev–Trinajstić information content (AvgIpc) is 2.92. The van der Waals surface area contributed by atoms with Crippen LogP contribution < -0.4 is 16.4 Å². The smallest absolute Gasteiger partial charge is 0.399 e. The van der Waals surface area contributed by atoms with Gasteiger partial charge in [-0.3, -0.25) is 10.4 Å². The maximum absolute atomic E-state index is 6.00. The molecule has 2 aliphatic rings. The Morgan fingerprint density at radius 3 is 2.29 bits per heavy atom. The van der Waals surface area contributed by atoms with E-state index in [9.17, 15) is 0 Å². The molecule has 0 radical (unpaired) electrons. The molecule has 0 atom stereocenters. The van der Waals surface area contributed by atoms with E-state index in [0.29, 0.717) is 5.84 Å². The van der Waals surface area contributed by atoms with Crippen LogP contribution in [0.4, 0.5) is 0 Å². The topological polar surface area (TPSA) is 71.0 Å². The molecule has 0 unspecified atom stereocenters. The third-order valence-corrected chi connectivity index (χ3v) is 4.14. The molecule has 1 fully saturated rings. The predicted molar refractivity (Wildman–Crippen MR) is 80.5 cm³/mol. The molecule has 0 aliphatic carbocycles. The van der Waals surface area contributed by atoms with Crippen molar-refractivity contribution in [3.05, 3.63) is 24.0 Å². The van der Waals surface area contributed by atoms with Gasteiger partial charge in [-0.05, 0) is 33.8 Å². The molecule has 3 heterocycles. The molecule has 21 heavy (non-hydrogen) atoms. The first kappa shape index (κ1) is 14.3. The molecule has 3 rings (SSSR count). The Morgan fingerprint density at radius 2 is 1.81 bits per heavy atom. The van der Waals surface area contributed by atoms with Crippen LogP contribution in [0.3, 0.4) is 0 Å². The van der Waals surface area contributed by atoms with Crippen molar-refractivity contribution in [1.82, 2.24) is 21.1 Å². The molecular formula is C13H20BN5O2. The molecule has 0 aromatic carbocycles. The van der Waals surface area contributed by atoms with E-state index in [1.165, 1.54) is 0 Å². The summed E-state index contributed by atoms with van der Waals surface area (Å²) in [5.74, 6) is 0.679. The fraction of sp³-hybridized carbons (Fsp3) is 0.538. The van der Waals surface area contributed by atoms with E-state index < -0.39 is 7.12 Å². The Balaban J connectivity index is 1.77. The maximum atomic E-state index is 6.00. The first-order valence-corrected chi connectivity index (χ1v) is 6.94. The Morgan fingerprint density at radius 1 is 1.14 bits per heavy atom. The highest BCUT2D eigenvalue weighted by molar-refractivity contribution is 6.62. The number of hydrazine groups is 2. The summed E-state index contributed by atoms with van der Waals surface area (Å²) in [6, 6.07) is 3.85. The largest absolute Gasteiger partial charge is 0.496 e. The normalized spacial score (nSPS) is 23.7. The second-order valence-corrected chi connectivity index (χ2v) is 6.30. The van der Waals surface area contributed by atoms with Gasteiger partial charge in [0.05, 0.1) is 11.2 Å². The number of aromatic nitrogens is 1. The number of amidine groups is 1. The standard InChI is InChI=1S/C13H20BN5O2/c1-12(2)13(3,4)21-14(20-12)9-6-7-10(15-8-9)11-16-18-19(5)17-11/h6-8,18H,1-5H3,(H,16,17). The van der Waals surface area contributed by atoms with Gasteiger partial charge in [0.2, 0.25) is 0 Å². The van der Waals surface area contributed by atoms with Gasteiger partial charge in [-0.25, -0.2) is 5.53 Å². The van der Waals surface area contributed by atoms with Crippen LogP contribution in [-0.4, -0.2) is 41.3 Å². The molecule has 0 bridgehead atoms. The highest BCUT2D eigenvalue weighted by atomic mass is 16.7. The van der Waals surface area contributed by atoms with Crippen LogP contribution in [0.1, 0.15) is 33.4 Å². The van der Waals surface area contributed by atoms with E-state index in [1.54, 1.807) is 11.3 Å². The van der Waals surface area contributed by atoms with Gasteiger partial charge in [-0.2, -0.15) is 0 Å². The zero-order chi connectivity index (χ0) is 15.3. The summed E-state index contributed by atoms with van der Waals surface area (Å²) < 4.78 is 12.0. The lowest BCUT2D eigenvalue weighted by molar-refractivity contribution is 0.00578. The molecule has 0 amide bonds. The minimum atomic E-state index is -0.393. The highest BCUT2D eigenvalue weighted by Gasteiger charge is 2.51. The van der Waals surface area contributed by atoms with E-state index in [0.717, 1.165) is 11.2 Å². The summed E-state index contributed by atoms with van der Waals surface area (Å²) >= 11 is 0. The minimum absolute atomic E-state index is 0.347. The van der Waals surface area contributed by atoms with Gasteiger partial charge in [0.15, 0.2) is 5.84 Å². The lowest BCUT2D eigenvalue weighted by atomic mass is 9.80.